The predicted molar refractivity (Wildman–Crippen MR) is 216 cm³/mol. The second kappa shape index (κ2) is 10.9. The lowest BCUT2D eigenvalue weighted by Crippen LogP contribution is -2.48. The van der Waals surface area contributed by atoms with Crippen molar-refractivity contribution in [2.75, 3.05) is 15.7 Å². The van der Waals surface area contributed by atoms with Gasteiger partial charge in [0.2, 0.25) is 5.78 Å². The van der Waals surface area contributed by atoms with Crippen molar-refractivity contribution in [2.45, 2.75) is 0 Å². The summed E-state index contributed by atoms with van der Waals surface area (Å²) in [7, 11) is 0. The molecule has 1 aliphatic carbocycles. The van der Waals surface area contributed by atoms with Crippen LogP contribution in [0.15, 0.2) is 156 Å². The number of aliphatic hydroxyl groups is 1. The SMILES string of the molecule is O=C1C(c2ccc3cccc4c3c2NB(c2ccc3ccccc3c2)N4)=C(O)C1=c1ccc2cccc3c2c1=NB(c1ccc2ccccc2c1)N3. The highest BCUT2D eigenvalue weighted by molar-refractivity contribution is 6.80. The minimum absolute atomic E-state index is 0.00950. The molecule has 8 heteroatoms. The molecule has 0 unspecified atom stereocenters. The Labute approximate surface area is 299 Å². The third-order valence-corrected chi connectivity index (χ3v) is 10.9. The van der Waals surface area contributed by atoms with E-state index in [2.05, 4.69) is 101 Å². The summed E-state index contributed by atoms with van der Waals surface area (Å²) in [6.45, 7) is -0.607. The number of carbonyl (C=O) groups is 1. The zero-order valence-corrected chi connectivity index (χ0v) is 27.8. The van der Waals surface area contributed by atoms with E-state index in [1.165, 1.54) is 5.39 Å². The Kier molecular flexibility index (Phi) is 6.05. The average molecular weight is 666 g/mol. The quantitative estimate of drug-likeness (QED) is 0.158. The minimum Gasteiger partial charge on any atom is -0.506 e. The second-order valence-electron chi connectivity index (χ2n) is 13.8. The average Bonchev–Trinajstić information content (AvgIpc) is 3.19. The van der Waals surface area contributed by atoms with Gasteiger partial charge in [-0.3, -0.25) is 4.79 Å². The van der Waals surface area contributed by atoms with Gasteiger partial charge in [0.1, 0.15) is 5.76 Å². The number of ketones is 1. The Hall–Kier alpha value is -6.79. The van der Waals surface area contributed by atoms with Crippen LogP contribution in [0.1, 0.15) is 5.56 Å². The van der Waals surface area contributed by atoms with E-state index in [0.29, 0.717) is 27.3 Å². The number of fused-ring (bicyclic) bond motifs is 2. The number of anilines is 3. The molecular weight excluding hydrogens is 638 g/mol. The number of benzene rings is 8. The molecule has 0 bridgehead atoms. The Balaban J connectivity index is 1.08. The van der Waals surface area contributed by atoms with Crippen molar-refractivity contribution in [3.63, 3.8) is 0 Å². The number of rotatable bonds is 3. The number of carbonyl (C=O) groups excluding carboxylic acids is 1. The van der Waals surface area contributed by atoms with Crippen LogP contribution < -0.4 is 37.2 Å². The molecule has 0 saturated heterocycles. The molecule has 0 aromatic heterocycles. The first-order chi connectivity index (χ1) is 25.6. The van der Waals surface area contributed by atoms with E-state index >= 15 is 0 Å². The van der Waals surface area contributed by atoms with Gasteiger partial charge in [-0.15, -0.1) is 0 Å². The molecule has 2 heterocycles. The highest BCUT2D eigenvalue weighted by Gasteiger charge is 2.39. The summed E-state index contributed by atoms with van der Waals surface area (Å²) < 4.78 is 0. The molecule has 4 N–H and O–H groups in total. The van der Waals surface area contributed by atoms with Crippen molar-refractivity contribution in [3.05, 3.63) is 167 Å². The van der Waals surface area contributed by atoms with E-state index in [0.717, 1.165) is 65.7 Å². The highest BCUT2D eigenvalue weighted by Crippen LogP contribution is 2.45. The Morgan fingerprint density at radius 2 is 1.12 bits per heavy atom. The summed E-state index contributed by atoms with van der Waals surface area (Å²) in [6, 6.07) is 49.6. The molecule has 0 spiro atoms. The van der Waals surface area contributed by atoms with Crippen LogP contribution in [0.25, 0.3) is 54.2 Å². The Morgan fingerprint density at radius 3 is 1.85 bits per heavy atom. The van der Waals surface area contributed by atoms with Gasteiger partial charge in [0, 0.05) is 38.6 Å². The summed E-state index contributed by atoms with van der Waals surface area (Å²) in [5.41, 5.74) is 6.13. The van der Waals surface area contributed by atoms with Gasteiger partial charge < -0.3 is 25.7 Å². The van der Waals surface area contributed by atoms with Gasteiger partial charge in [0.25, 0.3) is 0 Å². The molecule has 11 rings (SSSR count). The first-order valence-corrected chi connectivity index (χ1v) is 17.5. The van der Waals surface area contributed by atoms with Crippen LogP contribution in [0.4, 0.5) is 17.1 Å². The van der Waals surface area contributed by atoms with Crippen LogP contribution in [0.5, 0.6) is 0 Å². The molecule has 0 radical (unpaired) electrons. The summed E-state index contributed by atoms with van der Waals surface area (Å²) in [4.78, 5) is 19.7. The van der Waals surface area contributed by atoms with E-state index in [9.17, 15) is 9.90 Å². The normalized spacial score (nSPS) is 15.7. The van der Waals surface area contributed by atoms with E-state index in [-0.39, 0.29) is 25.5 Å². The maximum atomic E-state index is 14.4. The number of nitrogens with one attached hydrogen (secondary N) is 3. The van der Waals surface area contributed by atoms with Crippen molar-refractivity contribution in [1.29, 1.82) is 0 Å². The molecular formula is C44H28B2N4O2. The van der Waals surface area contributed by atoms with Crippen LogP contribution in [0.3, 0.4) is 0 Å². The summed E-state index contributed by atoms with van der Waals surface area (Å²) in [5, 5.41) is 32.9. The number of hydrogen-bond acceptors (Lipinski definition) is 6. The third-order valence-electron chi connectivity index (χ3n) is 10.9. The van der Waals surface area contributed by atoms with Crippen molar-refractivity contribution in [1.82, 2.24) is 0 Å². The predicted octanol–water partition coefficient (Wildman–Crippen LogP) is 6.68. The number of Topliss-reactive ketones (excluding diaryl/α,β-unsaturated/α-hetero) is 1. The lowest BCUT2D eigenvalue weighted by atomic mass is 9.65. The number of allylic oxidation sites excluding steroid dienone is 2. The maximum Gasteiger partial charge on any atom is 0.427 e. The number of nitrogens with zero attached hydrogens (tertiary/aromatic N) is 1. The van der Waals surface area contributed by atoms with Gasteiger partial charge in [-0.25, -0.2) is 0 Å². The largest absolute Gasteiger partial charge is 0.506 e. The fourth-order valence-electron chi connectivity index (χ4n) is 8.31. The van der Waals surface area contributed by atoms with Crippen molar-refractivity contribution < 1.29 is 9.90 Å². The van der Waals surface area contributed by atoms with Crippen molar-refractivity contribution >= 4 is 102 Å². The standard InChI is InChI=1S/C44H28B2N4O2/c51-43-39(33-21-17-27-11-5-13-35-37(27)41(33)49-45(47-35)31-19-15-25-7-1-3-9-29(25)23-31)44(52)40(43)34-22-18-28-12-6-14-36-38(28)42(34)50-46(48-36)32-20-16-26-8-2-4-10-30(26)24-32/h1-24,47-49,51H. The molecule has 8 aromatic carbocycles. The van der Waals surface area contributed by atoms with Gasteiger partial charge >= 0.3 is 14.0 Å². The summed E-state index contributed by atoms with van der Waals surface area (Å²) in [6.07, 6.45) is 0. The molecule has 0 saturated carbocycles. The number of aliphatic hydroxyl groups excluding tert-OH is 1. The topological polar surface area (TPSA) is 85.8 Å². The van der Waals surface area contributed by atoms with Gasteiger partial charge in [0.05, 0.1) is 16.5 Å². The Bertz CT molecular complexity index is 3070. The monoisotopic (exact) mass is 666 g/mol. The van der Waals surface area contributed by atoms with E-state index in [4.69, 9.17) is 4.90 Å². The van der Waals surface area contributed by atoms with E-state index < -0.39 is 0 Å². The lowest BCUT2D eigenvalue weighted by Gasteiger charge is -2.31. The first-order valence-electron chi connectivity index (χ1n) is 17.5. The summed E-state index contributed by atoms with van der Waals surface area (Å²) >= 11 is 0. The lowest BCUT2D eigenvalue weighted by molar-refractivity contribution is -0.109. The molecule has 52 heavy (non-hydrogen) atoms. The van der Waals surface area contributed by atoms with Crippen LogP contribution >= 0.6 is 0 Å². The van der Waals surface area contributed by atoms with Crippen LogP contribution in [-0.4, -0.2) is 24.9 Å². The van der Waals surface area contributed by atoms with Crippen LogP contribution in [-0.2, 0) is 4.79 Å². The van der Waals surface area contributed by atoms with Gasteiger partial charge in [-0.05, 0) is 55.4 Å². The minimum atomic E-state index is -0.364. The molecule has 2 aliphatic heterocycles. The summed E-state index contributed by atoms with van der Waals surface area (Å²) in [5.74, 6) is -0.207. The first kappa shape index (κ1) is 29.0. The molecule has 0 fully saturated rings. The van der Waals surface area contributed by atoms with Crippen molar-refractivity contribution in [3.8, 4) is 0 Å². The van der Waals surface area contributed by atoms with Crippen LogP contribution in [0, 0.1) is 0 Å². The molecule has 6 nitrogen and oxygen atoms in total. The van der Waals surface area contributed by atoms with Crippen molar-refractivity contribution in [2.24, 2.45) is 4.90 Å². The van der Waals surface area contributed by atoms with Crippen LogP contribution in [0.2, 0.25) is 0 Å². The fraction of sp³-hybridized carbons (Fsp3) is 0. The van der Waals surface area contributed by atoms with E-state index in [1.54, 1.807) is 0 Å². The van der Waals surface area contributed by atoms with E-state index in [1.807, 2.05) is 60.7 Å². The second-order valence-corrected chi connectivity index (χ2v) is 13.8. The molecule has 242 valence electrons. The van der Waals surface area contributed by atoms with Gasteiger partial charge in [-0.1, -0.05) is 133 Å². The molecule has 0 amide bonds. The highest BCUT2D eigenvalue weighted by atomic mass is 16.3. The molecule has 8 aromatic rings. The zero-order chi connectivity index (χ0) is 34.5. The third kappa shape index (κ3) is 4.21. The zero-order valence-electron chi connectivity index (χ0n) is 27.8. The molecule has 3 aliphatic rings. The fourth-order valence-corrected chi connectivity index (χ4v) is 8.31. The Morgan fingerprint density at radius 1 is 0.519 bits per heavy atom. The van der Waals surface area contributed by atoms with Gasteiger partial charge in [-0.2, -0.15) is 0 Å². The van der Waals surface area contributed by atoms with Gasteiger partial charge in [0.15, 0.2) is 0 Å². The number of hydrogen-bond donors (Lipinski definition) is 4. The smallest absolute Gasteiger partial charge is 0.427 e. The molecule has 0 atom stereocenters. The maximum absolute atomic E-state index is 14.4.